The van der Waals surface area contributed by atoms with Crippen molar-refractivity contribution in [2.75, 3.05) is 0 Å². The molecular weight excluding hydrogens is 192 g/mol. The molecule has 0 saturated carbocycles. The lowest BCUT2D eigenvalue weighted by molar-refractivity contribution is 0.483. The summed E-state index contributed by atoms with van der Waals surface area (Å²) in [6.45, 7) is 4.52. The number of benzene rings is 1. The fourth-order valence-corrected chi connectivity index (χ4v) is 1.72. The first kappa shape index (κ1) is 10.9. The summed E-state index contributed by atoms with van der Waals surface area (Å²) >= 11 is 0. The second-order valence-corrected chi connectivity index (χ2v) is 4.97. The van der Waals surface area contributed by atoms with Gasteiger partial charge in [-0.15, -0.1) is 0 Å². The van der Waals surface area contributed by atoms with Crippen LogP contribution in [-0.4, -0.2) is 0 Å². The van der Waals surface area contributed by atoms with Crippen molar-refractivity contribution in [3.8, 4) is 0 Å². The van der Waals surface area contributed by atoms with Crippen LogP contribution >= 0.6 is 0 Å². The van der Waals surface area contributed by atoms with E-state index >= 15 is 0 Å². The Balaban J connectivity index is 2.05. The van der Waals surface area contributed by atoms with Crippen LogP contribution in [0.25, 0.3) is 6.08 Å². The Morgan fingerprint density at radius 1 is 1.06 bits per heavy atom. The van der Waals surface area contributed by atoms with Crippen LogP contribution in [0.1, 0.15) is 25.8 Å². The van der Waals surface area contributed by atoms with Crippen LogP contribution in [-0.2, 0) is 0 Å². The Labute approximate surface area is 98.0 Å². The second-order valence-electron chi connectivity index (χ2n) is 4.97. The molecule has 0 saturated heterocycles. The van der Waals surface area contributed by atoms with Crippen LogP contribution < -0.4 is 0 Å². The predicted octanol–water partition coefficient (Wildman–Crippen LogP) is 4.61. The van der Waals surface area contributed by atoms with E-state index in [9.17, 15) is 0 Å². The van der Waals surface area contributed by atoms with Gasteiger partial charge in [0.25, 0.3) is 0 Å². The summed E-state index contributed by atoms with van der Waals surface area (Å²) < 4.78 is 0. The van der Waals surface area contributed by atoms with Crippen LogP contribution in [0.2, 0.25) is 0 Å². The largest absolute Gasteiger partial charge is 0.0780 e. The van der Waals surface area contributed by atoms with Crippen LogP contribution in [0.3, 0.4) is 0 Å². The van der Waals surface area contributed by atoms with E-state index in [0.717, 1.165) is 6.42 Å². The molecular formula is C16H18. The fraction of sp³-hybridized carbons (Fsp3) is 0.250. The Morgan fingerprint density at radius 2 is 1.81 bits per heavy atom. The quantitative estimate of drug-likeness (QED) is 0.668. The predicted molar refractivity (Wildman–Crippen MR) is 71.1 cm³/mol. The average molecular weight is 210 g/mol. The van der Waals surface area contributed by atoms with Gasteiger partial charge in [-0.1, -0.05) is 74.6 Å². The van der Waals surface area contributed by atoms with Crippen molar-refractivity contribution in [3.05, 3.63) is 65.8 Å². The zero-order chi connectivity index (χ0) is 11.4. The number of hydrogen-bond donors (Lipinski definition) is 0. The summed E-state index contributed by atoms with van der Waals surface area (Å²) in [6, 6.07) is 10.4. The summed E-state index contributed by atoms with van der Waals surface area (Å²) in [6.07, 6.45) is 12.3. The van der Waals surface area contributed by atoms with Gasteiger partial charge in [0.15, 0.2) is 0 Å². The third-order valence-electron chi connectivity index (χ3n) is 2.86. The first-order valence-corrected chi connectivity index (χ1v) is 5.78. The van der Waals surface area contributed by atoms with E-state index in [1.54, 1.807) is 0 Å². The van der Waals surface area contributed by atoms with Crippen molar-refractivity contribution >= 4 is 6.08 Å². The van der Waals surface area contributed by atoms with Crippen LogP contribution in [0.5, 0.6) is 0 Å². The zero-order valence-corrected chi connectivity index (χ0v) is 9.98. The smallest absolute Gasteiger partial charge is 0.0137 e. The van der Waals surface area contributed by atoms with Crippen LogP contribution in [0.4, 0.5) is 0 Å². The number of hydrogen-bond acceptors (Lipinski definition) is 0. The monoisotopic (exact) mass is 210 g/mol. The Bertz CT molecular complexity index is 430. The molecule has 0 aliphatic heterocycles. The minimum Gasteiger partial charge on any atom is -0.0780 e. The minimum absolute atomic E-state index is 0.323. The van der Waals surface area contributed by atoms with Crippen LogP contribution in [0, 0.1) is 5.41 Å². The molecule has 0 unspecified atom stereocenters. The highest BCUT2D eigenvalue weighted by atomic mass is 14.2. The summed E-state index contributed by atoms with van der Waals surface area (Å²) in [5.74, 6) is 0. The Morgan fingerprint density at radius 3 is 2.44 bits per heavy atom. The van der Waals surface area contributed by atoms with Gasteiger partial charge in [0, 0.05) is 0 Å². The molecule has 1 aromatic carbocycles. The molecule has 0 amide bonds. The summed E-state index contributed by atoms with van der Waals surface area (Å²) in [7, 11) is 0. The SMILES string of the molecule is CC1(C)C=CC(C=Cc2ccccc2)=CC1. The highest BCUT2D eigenvalue weighted by Gasteiger charge is 2.14. The maximum atomic E-state index is 2.30. The van der Waals surface area contributed by atoms with Gasteiger partial charge < -0.3 is 0 Å². The van der Waals surface area contributed by atoms with Gasteiger partial charge in [-0.3, -0.25) is 0 Å². The highest BCUT2D eigenvalue weighted by Crippen LogP contribution is 2.28. The van der Waals surface area contributed by atoms with Crippen molar-refractivity contribution in [1.29, 1.82) is 0 Å². The molecule has 0 N–H and O–H groups in total. The van der Waals surface area contributed by atoms with E-state index in [4.69, 9.17) is 0 Å². The average Bonchev–Trinajstić information content (AvgIpc) is 2.29. The van der Waals surface area contributed by atoms with Gasteiger partial charge in [-0.25, -0.2) is 0 Å². The molecule has 0 radical (unpaired) electrons. The summed E-state index contributed by atoms with van der Waals surface area (Å²) in [5.41, 5.74) is 2.88. The van der Waals surface area contributed by atoms with Gasteiger partial charge in [0.2, 0.25) is 0 Å². The lowest BCUT2D eigenvalue weighted by atomic mass is 9.84. The van der Waals surface area contributed by atoms with E-state index in [1.807, 2.05) is 6.07 Å². The normalized spacial score (nSPS) is 18.8. The first-order chi connectivity index (χ1) is 7.66. The number of allylic oxidation sites excluding steroid dienone is 5. The number of rotatable bonds is 2. The molecule has 0 atom stereocenters. The molecule has 0 heteroatoms. The molecule has 2 rings (SSSR count). The maximum absolute atomic E-state index is 2.30. The van der Waals surface area contributed by atoms with E-state index in [0.29, 0.717) is 5.41 Å². The third-order valence-corrected chi connectivity index (χ3v) is 2.86. The fourth-order valence-electron chi connectivity index (χ4n) is 1.72. The van der Waals surface area contributed by atoms with Gasteiger partial charge in [0.1, 0.15) is 0 Å². The van der Waals surface area contributed by atoms with E-state index in [-0.39, 0.29) is 0 Å². The lowest BCUT2D eigenvalue weighted by Crippen LogP contribution is -2.08. The van der Waals surface area contributed by atoms with Gasteiger partial charge in [-0.05, 0) is 23.0 Å². The van der Waals surface area contributed by atoms with Crippen molar-refractivity contribution in [1.82, 2.24) is 0 Å². The second kappa shape index (κ2) is 4.52. The zero-order valence-electron chi connectivity index (χ0n) is 9.98. The molecule has 82 valence electrons. The molecule has 0 fully saturated rings. The van der Waals surface area contributed by atoms with E-state index in [1.165, 1.54) is 11.1 Å². The molecule has 1 aliphatic rings. The van der Waals surface area contributed by atoms with Crippen LogP contribution in [0.15, 0.2) is 60.2 Å². The standard InChI is InChI=1S/C16H18/c1-16(2)12-10-15(11-13-16)9-8-14-6-4-3-5-7-14/h3-12H,13H2,1-2H3. The van der Waals surface area contributed by atoms with Gasteiger partial charge >= 0.3 is 0 Å². The van der Waals surface area contributed by atoms with Crippen molar-refractivity contribution in [2.45, 2.75) is 20.3 Å². The molecule has 1 aliphatic carbocycles. The Kier molecular flexibility index (Phi) is 3.09. The maximum Gasteiger partial charge on any atom is -0.0137 e. The lowest BCUT2D eigenvalue weighted by Gasteiger charge is -2.21. The topological polar surface area (TPSA) is 0 Å². The molecule has 1 aromatic rings. The van der Waals surface area contributed by atoms with Crippen molar-refractivity contribution in [3.63, 3.8) is 0 Å². The van der Waals surface area contributed by atoms with E-state index in [2.05, 4.69) is 68.5 Å². The summed E-state index contributed by atoms with van der Waals surface area (Å²) in [5, 5.41) is 0. The van der Waals surface area contributed by atoms with Gasteiger partial charge in [-0.2, -0.15) is 0 Å². The summed E-state index contributed by atoms with van der Waals surface area (Å²) in [4.78, 5) is 0. The molecule has 0 nitrogen and oxygen atoms in total. The van der Waals surface area contributed by atoms with Crippen molar-refractivity contribution in [2.24, 2.45) is 5.41 Å². The molecule has 0 aromatic heterocycles. The molecule has 0 bridgehead atoms. The highest BCUT2D eigenvalue weighted by molar-refractivity contribution is 5.55. The van der Waals surface area contributed by atoms with Crippen molar-refractivity contribution < 1.29 is 0 Å². The molecule has 0 heterocycles. The first-order valence-electron chi connectivity index (χ1n) is 5.78. The third kappa shape index (κ3) is 2.96. The minimum atomic E-state index is 0.323. The van der Waals surface area contributed by atoms with Gasteiger partial charge in [0.05, 0.1) is 0 Å². The molecule has 0 spiro atoms. The Hall–Kier alpha value is -1.56. The molecule has 16 heavy (non-hydrogen) atoms. The van der Waals surface area contributed by atoms with E-state index < -0.39 is 0 Å².